The van der Waals surface area contributed by atoms with Gasteiger partial charge in [0, 0.05) is 18.2 Å². The van der Waals surface area contributed by atoms with Gasteiger partial charge in [0.1, 0.15) is 20.1 Å². The second-order valence-corrected chi connectivity index (χ2v) is 12.5. The van der Waals surface area contributed by atoms with Crippen LogP contribution in [0.15, 0.2) is 18.2 Å². The van der Waals surface area contributed by atoms with Crippen molar-refractivity contribution in [3.05, 3.63) is 33.9 Å². The van der Waals surface area contributed by atoms with Crippen LogP contribution in [0.4, 0.5) is 5.69 Å². The predicted octanol–water partition coefficient (Wildman–Crippen LogP) is 4.67. The van der Waals surface area contributed by atoms with Gasteiger partial charge in [0.2, 0.25) is 0 Å². The molecule has 0 aliphatic rings. The molecule has 0 radical (unpaired) electrons. The summed E-state index contributed by atoms with van der Waals surface area (Å²) in [6.45, 7) is 16.9. The number of nitro benzene ring substituents is 1. The molecule has 0 aliphatic heterocycles. The first-order chi connectivity index (χ1) is 11.4. The van der Waals surface area contributed by atoms with Gasteiger partial charge in [-0.05, 0) is 40.7 Å². The second kappa shape index (κ2) is 8.50. The van der Waals surface area contributed by atoms with Crippen molar-refractivity contribution in [1.29, 1.82) is 0 Å². The molecular formula is C19H30N2O3Si. The third kappa shape index (κ3) is 6.52. The number of benzene rings is 1. The van der Waals surface area contributed by atoms with Gasteiger partial charge in [-0.1, -0.05) is 25.6 Å². The first-order valence-electron chi connectivity index (χ1n) is 8.68. The number of hydrogen-bond acceptors (Lipinski definition) is 4. The maximum Gasteiger partial charge on any atom is 0.273 e. The van der Waals surface area contributed by atoms with Gasteiger partial charge < -0.3 is 4.74 Å². The van der Waals surface area contributed by atoms with E-state index >= 15 is 0 Å². The molecule has 138 valence electrons. The van der Waals surface area contributed by atoms with Crippen molar-refractivity contribution >= 4 is 13.8 Å². The van der Waals surface area contributed by atoms with Gasteiger partial charge in [-0.25, -0.2) is 0 Å². The Kier molecular flexibility index (Phi) is 7.21. The van der Waals surface area contributed by atoms with Crippen LogP contribution in [-0.4, -0.2) is 36.2 Å². The molecule has 0 aliphatic carbocycles. The normalized spacial score (nSPS) is 12.9. The van der Waals surface area contributed by atoms with Crippen LogP contribution in [0.2, 0.25) is 19.6 Å². The molecule has 1 unspecified atom stereocenters. The Hall–Kier alpha value is -1.84. The Bertz CT molecular complexity index is 661. The highest BCUT2D eigenvalue weighted by atomic mass is 28.3. The molecule has 0 spiro atoms. The summed E-state index contributed by atoms with van der Waals surface area (Å²) < 4.78 is 6.12. The molecule has 0 aromatic heterocycles. The predicted molar refractivity (Wildman–Crippen MR) is 106 cm³/mol. The van der Waals surface area contributed by atoms with E-state index in [1.807, 2.05) is 6.92 Å². The van der Waals surface area contributed by atoms with Crippen molar-refractivity contribution in [2.45, 2.75) is 72.6 Å². The summed E-state index contributed by atoms with van der Waals surface area (Å²) in [5, 5.41) is 11.1. The molecule has 25 heavy (non-hydrogen) atoms. The monoisotopic (exact) mass is 362 g/mol. The highest BCUT2D eigenvalue weighted by Gasteiger charge is 2.23. The minimum atomic E-state index is -1.56. The Morgan fingerprint density at radius 1 is 1.12 bits per heavy atom. The molecule has 0 saturated heterocycles. The summed E-state index contributed by atoms with van der Waals surface area (Å²) in [6, 6.07) is 5.23. The SMILES string of the molecule is CC(C)N(C(C)C)C(C)Oc1cc([N+](=O)[O-])ccc1C#C[Si](C)(C)C. The first kappa shape index (κ1) is 21.2. The first-order valence-corrected chi connectivity index (χ1v) is 12.2. The summed E-state index contributed by atoms with van der Waals surface area (Å²) >= 11 is 0. The van der Waals surface area contributed by atoms with Crippen LogP contribution in [-0.2, 0) is 0 Å². The Labute approximate surface area is 152 Å². The minimum absolute atomic E-state index is 0.0152. The number of non-ortho nitro benzene ring substituents is 1. The van der Waals surface area contributed by atoms with Crippen LogP contribution >= 0.6 is 0 Å². The van der Waals surface area contributed by atoms with E-state index in [0.717, 1.165) is 0 Å². The molecule has 0 saturated carbocycles. The number of nitrogens with zero attached hydrogens (tertiary/aromatic N) is 2. The van der Waals surface area contributed by atoms with E-state index in [1.54, 1.807) is 6.07 Å². The number of nitro groups is 1. The quantitative estimate of drug-likeness (QED) is 0.243. The molecule has 0 heterocycles. The average Bonchev–Trinajstić information content (AvgIpc) is 2.43. The molecule has 1 rings (SSSR count). The van der Waals surface area contributed by atoms with E-state index < -0.39 is 13.0 Å². The van der Waals surface area contributed by atoms with Crippen molar-refractivity contribution in [3.8, 4) is 17.2 Å². The Morgan fingerprint density at radius 3 is 2.12 bits per heavy atom. The van der Waals surface area contributed by atoms with E-state index in [0.29, 0.717) is 23.4 Å². The van der Waals surface area contributed by atoms with Crippen molar-refractivity contribution in [1.82, 2.24) is 4.90 Å². The molecule has 1 aromatic carbocycles. The third-order valence-corrected chi connectivity index (χ3v) is 4.53. The lowest BCUT2D eigenvalue weighted by molar-refractivity contribution is -0.385. The lowest BCUT2D eigenvalue weighted by atomic mass is 10.2. The van der Waals surface area contributed by atoms with Gasteiger partial charge in [-0.2, -0.15) is 0 Å². The zero-order valence-electron chi connectivity index (χ0n) is 16.6. The zero-order valence-corrected chi connectivity index (χ0v) is 17.6. The van der Waals surface area contributed by atoms with Gasteiger partial charge in [0.25, 0.3) is 5.69 Å². The van der Waals surface area contributed by atoms with E-state index in [1.165, 1.54) is 12.1 Å². The fourth-order valence-electron chi connectivity index (χ4n) is 2.76. The summed E-state index contributed by atoms with van der Waals surface area (Å²) in [5.41, 5.74) is 4.02. The van der Waals surface area contributed by atoms with Crippen molar-refractivity contribution < 1.29 is 9.66 Å². The van der Waals surface area contributed by atoms with Crippen LogP contribution in [0, 0.1) is 21.6 Å². The van der Waals surface area contributed by atoms with E-state index in [4.69, 9.17) is 4.74 Å². The smallest absolute Gasteiger partial charge is 0.273 e. The number of rotatable bonds is 6. The van der Waals surface area contributed by atoms with E-state index in [2.05, 4.69) is 63.7 Å². The van der Waals surface area contributed by atoms with E-state index in [-0.39, 0.29) is 11.9 Å². The number of hydrogen-bond donors (Lipinski definition) is 0. The third-order valence-electron chi connectivity index (χ3n) is 3.66. The lowest BCUT2D eigenvalue weighted by Crippen LogP contribution is -2.46. The van der Waals surface area contributed by atoms with Crippen molar-refractivity contribution in [3.63, 3.8) is 0 Å². The van der Waals surface area contributed by atoms with Crippen LogP contribution in [0.25, 0.3) is 0 Å². The minimum Gasteiger partial charge on any atom is -0.474 e. The molecule has 0 bridgehead atoms. The zero-order chi connectivity index (χ0) is 19.4. The molecule has 1 atom stereocenters. The van der Waals surface area contributed by atoms with E-state index in [9.17, 15) is 10.1 Å². The molecule has 0 N–H and O–H groups in total. The summed E-state index contributed by atoms with van der Waals surface area (Å²) in [6.07, 6.45) is -0.213. The number of ether oxygens (including phenoxy) is 1. The van der Waals surface area contributed by atoms with Crippen LogP contribution in [0.3, 0.4) is 0 Å². The highest BCUT2D eigenvalue weighted by molar-refractivity contribution is 6.83. The average molecular weight is 363 g/mol. The van der Waals surface area contributed by atoms with Gasteiger partial charge >= 0.3 is 0 Å². The highest BCUT2D eigenvalue weighted by Crippen LogP contribution is 2.27. The summed E-state index contributed by atoms with van der Waals surface area (Å²) in [7, 11) is -1.56. The van der Waals surface area contributed by atoms with Gasteiger partial charge in [-0.15, -0.1) is 5.54 Å². The van der Waals surface area contributed by atoms with Gasteiger partial charge in [-0.3, -0.25) is 15.0 Å². The molecular weight excluding hydrogens is 332 g/mol. The summed E-state index contributed by atoms with van der Waals surface area (Å²) in [4.78, 5) is 12.9. The molecule has 0 fully saturated rings. The molecule has 5 nitrogen and oxygen atoms in total. The van der Waals surface area contributed by atoms with Gasteiger partial charge in [0.15, 0.2) is 0 Å². The maximum absolute atomic E-state index is 11.1. The largest absolute Gasteiger partial charge is 0.474 e. The topological polar surface area (TPSA) is 55.6 Å². The van der Waals surface area contributed by atoms with Crippen LogP contribution in [0.1, 0.15) is 40.2 Å². The van der Waals surface area contributed by atoms with Gasteiger partial charge in [0.05, 0.1) is 16.6 Å². The fourth-order valence-corrected chi connectivity index (χ4v) is 3.27. The second-order valence-electron chi connectivity index (χ2n) is 7.79. The molecule has 0 amide bonds. The standard InChI is InChI=1S/C19H30N2O3Si/c1-14(2)20(15(3)4)16(5)24-19-13-18(21(22)23)10-9-17(19)11-12-25(6,7)8/h9-10,13-16H,1-8H3. The Morgan fingerprint density at radius 2 is 1.68 bits per heavy atom. The maximum atomic E-state index is 11.1. The van der Waals surface area contributed by atoms with Crippen molar-refractivity contribution in [2.24, 2.45) is 0 Å². The molecule has 6 heteroatoms. The lowest BCUT2D eigenvalue weighted by Gasteiger charge is -2.36. The van der Waals surface area contributed by atoms with Crippen LogP contribution in [0.5, 0.6) is 5.75 Å². The Balaban J connectivity index is 3.26. The molecule has 1 aromatic rings. The summed E-state index contributed by atoms with van der Waals surface area (Å²) in [5.74, 6) is 3.64. The van der Waals surface area contributed by atoms with Crippen molar-refractivity contribution in [2.75, 3.05) is 0 Å². The van der Waals surface area contributed by atoms with Crippen LogP contribution < -0.4 is 4.74 Å². The fraction of sp³-hybridized carbons (Fsp3) is 0.579.